The van der Waals surface area contributed by atoms with Crippen LogP contribution in [0, 0.1) is 5.82 Å². The molecule has 0 spiro atoms. The maximum absolute atomic E-state index is 13.2. The van der Waals surface area contributed by atoms with E-state index in [0.717, 1.165) is 5.56 Å². The summed E-state index contributed by atoms with van der Waals surface area (Å²) in [5, 5.41) is 3.50. The van der Waals surface area contributed by atoms with Crippen molar-refractivity contribution >= 4 is 17.5 Å². The molecular formula is C19H17ClFN3O2. The average molecular weight is 374 g/mol. The molecule has 0 radical (unpaired) electrons. The summed E-state index contributed by atoms with van der Waals surface area (Å²) in [5.74, 6) is 0.193. The molecule has 0 saturated heterocycles. The first-order valence-corrected chi connectivity index (χ1v) is 8.31. The molecular weight excluding hydrogens is 357 g/mol. The number of nitrogens with zero attached hydrogens (tertiary/aromatic N) is 2. The molecule has 3 rings (SSSR count). The summed E-state index contributed by atoms with van der Waals surface area (Å²) in [4.78, 5) is 16.7. The van der Waals surface area contributed by atoms with E-state index in [4.69, 9.17) is 16.3 Å². The van der Waals surface area contributed by atoms with Crippen molar-refractivity contribution < 1.29 is 13.9 Å². The summed E-state index contributed by atoms with van der Waals surface area (Å²) in [6, 6.07) is 12.3. The van der Waals surface area contributed by atoms with E-state index in [-0.39, 0.29) is 12.5 Å². The minimum atomic E-state index is -0.462. The zero-order valence-corrected chi connectivity index (χ0v) is 14.8. The Bertz CT molecular complexity index is 896. The van der Waals surface area contributed by atoms with Gasteiger partial charge in [0.2, 0.25) is 0 Å². The van der Waals surface area contributed by atoms with Crippen molar-refractivity contribution in [1.82, 2.24) is 14.9 Å². The molecule has 134 valence electrons. The molecule has 1 N–H and O–H groups in total. The number of aromatic nitrogens is 2. The first-order chi connectivity index (χ1) is 12.5. The SMILES string of the molecule is Cn1ccnc1[C@H](NC(=O)COc1cccc(F)c1)c1ccc(Cl)cc1. The van der Waals surface area contributed by atoms with E-state index >= 15 is 0 Å². The van der Waals surface area contributed by atoms with Crippen molar-refractivity contribution in [3.8, 4) is 5.75 Å². The van der Waals surface area contributed by atoms with E-state index in [9.17, 15) is 9.18 Å². The topological polar surface area (TPSA) is 56.2 Å². The van der Waals surface area contributed by atoms with Crippen LogP contribution in [-0.4, -0.2) is 22.1 Å². The van der Waals surface area contributed by atoms with Crippen LogP contribution in [0.15, 0.2) is 60.9 Å². The molecule has 0 aliphatic carbocycles. The lowest BCUT2D eigenvalue weighted by molar-refractivity contribution is -0.123. The molecule has 0 fully saturated rings. The van der Waals surface area contributed by atoms with Crippen LogP contribution in [0.2, 0.25) is 5.02 Å². The van der Waals surface area contributed by atoms with Crippen molar-refractivity contribution in [2.45, 2.75) is 6.04 Å². The van der Waals surface area contributed by atoms with E-state index in [1.54, 1.807) is 30.6 Å². The maximum atomic E-state index is 13.2. The predicted molar refractivity (Wildman–Crippen MR) is 96.5 cm³/mol. The number of imidazole rings is 1. The van der Waals surface area contributed by atoms with Gasteiger partial charge in [-0.15, -0.1) is 0 Å². The Morgan fingerprint density at radius 3 is 2.73 bits per heavy atom. The Morgan fingerprint density at radius 1 is 1.31 bits per heavy atom. The standard InChI is InChI=1S/C19H17ClFN3O2/c1-24-10-9-22-19(24)18(13-5-7-14(20)8-6-13)23-17(25)12-26-16-4-2-3-15(21)11-16/h2-11,18H,12H2,1H3,(H,23,25)/t18-/m1/s1. The molecule has 1 atom stereocenters. The van der Waals surface area contributed by atoms with Crippen LogP contribution >= 0.6 is 11.6 Å². The third-order valence-corrected chi connectivity index (χ3v) is 4.04. The van der Waals surface area contributed by atoms with Crippen LogP contribution in [0.25, 0.3) is 0 Å². The number of nitrogens with one attached hydrogen (secondary N) is 1. The lowest BCUT2D eigenvalue weighted by Gasteiger charge is -2.19. The van der Waals surface area contributed by atoms with Crippen LogP contribution in [0.5, 0.6) is 5.75 Å². The van der Waals surface area contributed by atoms with Crippen LogP contribution in [0.1, 0.15) is 17.4 Å². The molecule has 0 unspecified atom stereocenters. The van der Waals surface area contributed by atoms with Crippen LogP contribution < -0.4 is 10.1 Å². The monoisotopic (exact) mass is 373 g/mol. The fourth-order valence-electron chi connectivity index (χ4n) is 2.52. The highest BCUT2D eigenvalue weighted by Crippen LogP contribution is 2.22. The Kier molecular flexibility index (Phi) is 5.53. The highest BCUT2D eigenvalue weighted by molar-refractivity contribution is 6.30. The minimum Gasteiger partial charge on any atom is -0.484 e. The van der Waals surface area contributed by atoms with E-state index in [1.807, 2.05) is 23.7 Å². The number of rotatable bonds is 6. The molecule has 5 nitrogen and oxygen atoms in total. The largest absolute Gasteiger partial charge is 0.484 e. The molecule has 0 bridgehead atoms. The Labute approximate surface area is 155 Å². The van der Waals surface area contributed by atoms with E-state index < -0.39 is 11.9 Å². The summed E-state index contributed by atoms with van der Waals surface area (Å²) >= 11 is 5.95. The molecule has 1 heterocycles. The average Bonchev–Trinajstić information content (AvgIpc) is 3.05. The Hall–Kier alpha value is -2.86. The predicted octanol–water partition coefficient (Wildman–Crippen LogP) is 3.50. The van der Waals surface area contributed by atoms with Gasteiger partial charge in [-0.3, -0.25) is 4.79 Å². The Morgan fingerprint density at radius 2 is 2.08 bits per heavy atom. The number of carbonyl (C=O) groups is 1. The third kappa shape index (κ3) is 4.40. The number of amides is 1. The van der Waals surface area contributed by atoms with Crippen LogP contribution in [-0.2, 0) is 11.8 Å². The van der Waals surface area contributed by atoms with Crippen LogP contribution in [0.4, 0.5) is 4.39 Å². The zero-order chi connectivity index (χ0) is 18.5. The highest BCUT2D eigenvalue weighted by atomic mass is 35.5. The van der Waals surface area contributed by atoms with Gasteiger partial charge in [0.15, 0.2) is 6.61 Å². The third-order valence-electron chi connectivity index (χ3n) is 3.79. The van der Waals surface area contributed by atoms with Gasteiger partial charge in [0.25, 0.3) is 5.91 Å². The van der Waals surface area contributed by atoms with Crippen molar-refractivity contribution in [3.63, 3.8) is 0 Å². The number of hydrogen-bond donors (Lipinski definition) is 1. The fourth-order valence-corrected chi connectivity index (χ4v) is 2.64. The van der Waals surface area contributed by atoms with Gasteiger partial charge >= 0.3 is 0 Å². The van der Waals surface area contributed by atoms with Gasteiger partial charge in [-0.05, 0) is 29.8 Å². The number of aryl methyl sites for hydroxylation is 1. The fraction of sp³-hybridized carbons (Fsp3) is 0.158. The number of benzene rings is 2. The number of carbonyl (C=O) groups excluding carboxylic acids is 1. The molecule has 0 aliphatic rings. The van der Waals surface area contributed by atoms with E-state index in [0.29, 0.717) is 16.6 Å². The molecule has 2 aromatic carbocycles. The zero-order valence-electron chi connectivity index (χ0n) is 14.0. The summed E-state index contributed by atoms with van der Waals surface area (Å²) in [5.41, 5.74) is 0.836. The molecule has 3 aromatic rings. The smallest absolute Gasteiger partial charge is 0.258 e. The van der Waals surface area contributed by atoms with E-state index in [1.165, 1.54) is 18.2 Å². The number of hydrogen-bond acceptors (Lipinski definition) is 3. The first-order valence-electron chi connectivity index (χ1n) is 7.93. The van der Waals surface area contributed by atoms with Crippen molar-refractivity contribution in [2.24, 2.45) is 7.05 Å². The molecule has 1 aromatic heterocycles. The lowest BCUT2D eigenvalue weighted by atomic mass is 10.1. The molecule has 7 heteroatoms. The summed E-state index contributed by atoms with van der Waals surface area (Å²) in [7, 11) is 1.85. The maximum Gasteiger partial charge on any atom is 0.258 e. The van der Waals surface area contributed by atoms with Crippen molar-refractivity contribution in [2.75, 3.05) is 6.61 Å². The van der Waals surface area contributed by atoms with Gasteiger partial charge in [-0.1, -0.05) is 29.8 Å². The van der Waals surface area contributed by atoms with Crippen molar-refractivity contribution in [3.05, 3.63) is 83.2 Å². The number of ether oxygens (including phenoxy) is 1. The van der Waals surface area contributed by atoms with Crippen LogP contribution in [0.3, 0.4) is 0 Å². The Balaban J connectivity index is 1.74. The second-order valence-electron chi connectivity index (χ2n) is 5.69. The van der Waals surface area contributed by atoms with Gasteiger partial charge in [-0.25, -0.2) is 9.37 Å². The quantitative estimate of drug-likeness (QED) is 0.719. The molecule has 26 heavy (non-hydrogen) atoms. The van der Waals surface area contributed by atoms with Gasteiger partial charge < -0.3 is 14.6 Å². The van der Waals surface area contributed by atoms with Gasteiger partial charge in [0, 0.05) is 30.5 Å². The van der Waals surface area contributed by atoms with Gasteiger partial charge in [0.1, 0.15) is 23.4 Å². The molecule has 0 saturated carbocycles. The summed E-state index contributed by atoms with van der Waals surface area (Å²) in [6.45, 7) is -0.238. The second-order valence-corrected chi connectivity index (χ2v) is 6.13. The summed E-state index contributed by atoms with van der Waals surface area (Å²) in [6.07, 6.45) is 3.46. The first kappa shape index (κ1) is 17.9. The second kappa shape index (κ2) is 8.01. The van der Waals surface area contributed by atoms with E-state index in [2.05, 4.69) is 10.3 Å². The normalized spacial score (nSPS) is 11.8. The molecule has 1 amide bonds. The minimum absolute atomic E-state index is 0.238. The number of halogens is 2. The summed E-state index contributed by atoms with van der Waals surface area (Å²) < 4.78 is 20.4. The highest BCUT2D eigenvalue weighted by Gasteiger charge is 2.21. The lowest BCUT2D eigenvalue weighted by Crippen LogP contribution is -2.34. The van der Waals surface area contributed by atoms with Gasteiger partial charge in [-0.2, -0.15) is 0 Å². The van der Waals surface area contributed by atoms with Gasteiger partial charge in [0.05, 0.1) is 0 Å². The van der Waals surface area contributed by atoms with Crippen molar-refractivity contribution in [1.29, 1.82) is 0 Å². The molecule has 0 aliphatic heterocycles.